The van der Waals surface area contributed by atoms with Gasteiger partial charge in [0.05, 0.1) is 10.9 Å². The number of carboxylic acid groups (broad SMARTS) is 1. The van der Waals surface area contributed by atoms with Crippen LogP contribution in [0.2, 0.25) is 0 Å². The summed E-state index contributed by atoms with van der Waals surface area (Å²) in [5.74, 6) is -0.549. The lowest BCUT2D eigenvalue weighted by Crippen LogP contribution is -2.11. The molecule has 0 amide bonds. The van der Waals surface area contributed by atoms with Gasteiger partial charge in [-0.2, -0.15) is 0 Å². The molecule has 2 heterocycles. The Balaban J connectivity index is 2.17. The first-order valence-corrected chi connectivity index (χ1v) is 8.02. The van der Waals surface area contributed by atoms with Gasteiger partial charge < -0.3 is 9.52 Å². The van der Waals surface area contributed by atoms with Crippen LogP contribution in [0, 0.1) is 0 Å². The molecule has 5 heteroatoms. The van der Waals surface area contributed by atoms with Crippen LogP contribution in [0.25, 0.3) is 23.1 Å². The van der Waals surface area contributed by atoms with Gasteiger partial charge in [-0.15, -0.1) is 11.3 Å². The summed E-state index contributed by atoms with van der Waals surface area (Å²) in [6.07, 6.45) is 4.20. The SMILES string of the molecule is CCc1c(/C=C/c2cccs2)oc2ccc(C(=O)O)cc2c1=O. The molecule has 0 atom stereocenters. The van der Waals surface area contributed by atoms with Crippen molar-refractivity contribution in [2.24, 2.45) is 0 Å². The van der Waals surface area contributed by atoms with Crippen molar-refractivity contribution in [1.29, 1.82) is 0 Å². The Morgan fingerprint density at radius 3 is 2.78 bits per heavy atom. The van der Waals surface area contributed by atoms with Crippen molar-refractivity contribution in [3.63, 3.8) is 0 Å². The van der Waals surface area contributed by atoms with E-state index in [1.54, 1.807) is 17.4 Å². The van der Waals surface area contributed by atoms with E-state index in [2.05, 4.69) is 0 Å². The van der Waals surface area contributed by atoms with Gasteiger partial charge in [0.25, 0.3) is 0 Å². The first-order valence-electron chi connectivity index (χ1n) is 7.14. The van der Waals surface area contributed by atoms with E-state index in [1.807, 2.05) is 30.5 Å². The van der Waals surface area contributed by atoms with Crippen LogP contribution >= 0.6 is 11.3 Å². The minimum atomic E-state index is -1.06. The number of hydrogen-bond acceptors (Lipinski definition) is 4. The highest BCUT2D eigenvalue weighted by Crippen LogP contribution is 2.21. The Hall–Kier alpha value is -2.66. The summed E-state index contributed by atoms with van der Waals surface area (Å²) in [6, 6.07) is 8.27. The van der Waals surface area contributed by atoms with Crippen LogP contribution in [0.3, 0.4) is 0 Å². The standard InChI is InChI=1S/C18H14O4S/c1-2-13-15(8-6-12-4-3-9-23-12)22-16-7-5-11(18(20)21)10-14(16)17(13)19/h3-10H,2H2,1H3,(H,20,21)/b8-6+. The zero-order valence-corrected chi connectivity index (χ0v) is 13.2. The number of thiophene rings is 1. The van der Waals surface area contributed by atoms with Crippen LogP contribution in [0.1, 0.15) is 33.5 Å². The summed E-state index contributed by atoms with van der Waals surface area (Å²) >= 11 is 1.60. The quantitative estimate of drug-likeness (QED) is 0.777. The van der Waals surface area contributed by atoms with E-state index in [-0.39, 0.29) is 11.0 Å². The number of rotatable bonds is 4. The smallest absolute Gasteiger partial charge is 0.335 e. The van der Waals surface area contributed by atoms with Crippen molar-refractivity contribution < 1.29 is 14.3 Å². The lowest BCUT2D eigenvalue weighted by atomic mass is 10.1. The molecule has 0 saturated heterocycles. The van der Waals surface area contributed by atoms with Gasteiger partial charge in [0.2, 0.25) is 0 Å². The van der Waals surface area contributed by atoms with Gasteiger partial charge >= 0.3 is 5.97 Å². The number of carbonyl (C=O) groups is 1. The summed E-state index contributed by atoms with van der Waals surface area (Å²) in [7, 11) is 0. The van der Waals surface area contributed by atoms with E-state index >= 15 is 0 Å². The summed E-state index contributed by atoms with van der Waals surface area (Å²) in [5.41, 5.74) is 0.840. The number of benzene rings is 1. The highest BCUT2D eigenvalue weighted by atomic mass is 32.1. The minimum Gasteiger partial charge on any atom is -0.478 e. The third-order valence-electron chi connectivity index (χ3n) is 3.56. The van der Waals surface area contributed by atoms with Gasteiger partial charge in [-0.05, 0) is 48.2 Å². The van der Waals surface area contributed by atoms with Gasteiger partial charge in [-0.3, -0.25) is 4.79 Å². The fourth-order valence-electron chi connectivity index (χ4n) is 2.40. The fraction of sp³-hybridized carbons (Fsp3) is 0.111. The van der Waals surface area contributed by atoms with E-state index < -0.39 is 5.97 Å². The third kappa shape index (κ3) is 2.96. The normalized spacial score (nSPS) is 11.3. The predicted molar refractivity (Wildman–Crippen MR) is 92.1 cm³/mol. The molecule has 116 valence electrons. The molecular formula is C18H14O4S. The third-order valence-corrected chi connectivity index (χ3v) is 4.40. The van der Waals surface area contributed by atoms with E-state index in [9.17, 15) is 9.59 Å². The van der Waals surface area contributed by atoms with E-state index in [4.69, 9.17) is 9.52 Å². The Morgan fingerprint density at radius 2 is 2.13 bits per heavy atom. The molecule has 0 unspecified atom stereocenters. The van der Waals surface area contributed by atoms with Crippen molar-refractivity contribution >= 4 is 40.4 Å². The van der Waals surface area contributed by atoms with E-state index in [0.717, 1.165) is 4.88 Å². The zero-order chi connectivity index (χ0) is 16.4. The molecule has 0 aliphatic rings. The molecule has 0 spiro atoms. The molecule has 1 N–H and O–H groups in total. The van der Waals surface area contributed by atoms with Crippen LogP contribution in [-0.4, -0.2) is 11.1 Å². The maximum atomic E-state index is 12.6. The second-order valence-corrected chi connectivity index (χ2v) is 5.97. The first-order chi connectivity index (χ1) is 11.1. The van der Waals surface area contributed by atoms with Gasteiger partial charge in [-0.1, -0.05) is 13.0 Å². The lowest BCUT2D eigenvalue weighted by molar-refractivity contribution is 0.0697. The maximum absolute atomic E-state index is 12.6. The van der Waals surface area contributed by atoms with Crippen molar-refractivity contribution in [3.05, 3.63) is 67.7 Å². The minimum absolute atomic E-state index is 0.0775. The summed E-state index contributed by atoms with van der Waals surface area (Å²) in [6.45, 7) is 1.88. The molecule has 3 rings (SSSR count). The van der Waals surface area contributed by atoms with Crippen molar-refractivity contribution in [1.82, 2.24) is 0 Å². The second-order valence-electron chi connectivity index (χ2n) is 4.99. The van der Waals surface area contributed by atoms with Gasteiger partial charge in [0.15, 0.2) is 5.43 Å². The van der Waals surface area contributed by atoms with Crippen LogP contribution < -0.4 is 5.43 Å². The molecule has 23 heavy (non-hydrogen) atoms. The fourth-order valence-corrected chi connectivity index (χ4v) is 3.02. The molecule has 0 fully saturated rings. The molecule has 0 radical (unpaired) electrons. The van der Waals surface area contributed by atoms with Gasteiger partial charge in [-0.25, -0.2) is 4.79 Å². The molecule has 2 aromatic heterocycles. The predicted octanol–water partition coefficient (Wildman–Crippen LogP) is 4.29. The number of aromatic carboxylic acids is 1. The summed E-state index contributed by atoms with van der Waals surface area (Å²) in [5, 5.41) is 11.3. The van der Waals surface area contributed by atoms with E-state index in [0.29, 0.717) is 28.7 Å². The Morgan fingerprint density at radius 1 is 1.30 bits per heavy atom. The van der Waals surface area contributed by atoms with E-state index in [1.165, 1.54) is 18.2 Å². The average molecular weight is 326 g/mol. The van der Waals surface area contributed by atoms with Crippen molar-refractivity contribution in [2.75, 3.05) is 0 Å². The maximum Gasteiger partial charge on any atom is 0.335 e. The second kappa shape index (κ2) is 6.22. The highest BCUT2D eigenvalue weighted by molar-refractivity contribution is 7.10. The molecule has 0 aliphatic heterocycles. The topological polar surface area (TPSA) is 67.5 Å². The largest absolute Gasteiger partial charge is 0.478 e. The molecule has 0 saturated carbocycles. The highest BCUT2D eigenvalue weighted by Gasteiger charge is 2.13. The summed E-state index contributed by atoms with van der Waals surface area (Å²) < 4.78 is 5.82. The van der Waals surface area contributed by atoms with Crippen molar-refractivity contribution in [3.8, 4) is 0 Å². The zero-order valence-electron chi connectivity index (χ0n) is 12.4. The Kier molecular flexibility index (Phi) is 4.12. The molecule has 1 aromatic carbocycles. The molecule has 0 bridgehead atoms. The van der Waals surface area contributed by atoms with Crippen LogP contribution in [0.4, 0.5) is 0 Å². The van der Waals surface area contributed by atoms with Crippen molar-refractivity contribution in [2.45, 2.75) is 13.3 Å². The first kappa shape index (κ1) is 15.2. The Bertz CT molecular complexity index is 949. The number of hydrogen-bond donors (Lipinski definition) is 1. The van der Waals surface area contributed by atoms with Gasteiger partial charge in [0.1, 0.15) is 11.3 Å². The monoisotopic (exact) mass is 326 g/mol. The molecular weight excluding hydrogens is 312 g/mol. The summed E-state index contributed by atoms with van der Waals surface area (Å²) in [4.78, 5) is 24.8. The lowest BCUT2D eigenvalue weighted by Gasteiger charge is -2.06. The van der Waals surface area contributed by atoms with Crippen LogP contribution in [-0.2, 0) is 6.42 Å². The number of carboxylic acids is 1. The number of fused-ring (bicyclic) bond motifs is 1. The van der Waals surface area contributed by atoms with Crippen LogP contribution in [0.15, 0.2) is 44.9 Å². The average Bonchev–Trinajstić information content (AvgIpc) is 3.06. The van der Waals surface area contributed by atoms with Gasteiger partial charge in [0, 0.05) is 10.4 Å². The Labute approximate surface area is 136 Å². The molecule has 4 nitrogen and oxygen atoms in total. The molecule has 3 aromatic rings. The van der Waals surface area contributed by atoms with Crippen LogP contribution in [0.5, 0.6) is 0 Å². The molecule has 0 aliphatic carbocycles.